The van der Waals surface area contributed by atoms with Crippen LogP contribution >= 0.6 is 7.82 Å². The van der Waals surface area contributed by atoms with Gasteiger partial charge < -0.3 is 29.5 Å². The Morgan fingerprint density at radius 3 is 1.98 bits per heavy atom. The molecule has 3 atom stereocenters. The van der Waals surface area contributed by atoms with Crippen LogP contribution in [0, 0.1) is 24.7 Å². The molecule has 0 saturated heterocycles. The van der Waals surface area contributed by atoms with Crippen LogP contribution in [-0.2, 0) is 46.6 Å². The van der Waals surface area contributed by atoms with E-state index < -0.39 is 31.5 Å². The molecule has 3 N–H and O–H groups in total. The molecule has 4 aromatic rings. The number of aryl methyl sites for hydroxylation is 1. The zero-order chi connectivity index (χ0) is 44.0. The molecule has 0 spiro atoms. The predicted octanol–water partition coefficient (Wildman–Crippen LogP) is 10.8. The van der Waals surface area contributed by atoms with Crippen LogP contribution in [0.5, 0.6) is 5.75 Å². The van der Waals surface area contributed by atoms with Crippen LogP contribution in [0.1, 0.15) is 90.5 Å². The van der Waals surface area contributed by atoms with Crippen molar-refractivity contribution in [3.8, 4) is 5.75 Å². The quantitative estimate of drug-likeness (QED) is 0.0420. The molecule has 0 aliphatic rings. The Kier molecular flexibility index (Phi) is 17.3. The molecule has 0 radical (unpaired) electrons. The Labute approximate surface area is 355 Å². The summed E-state index contributed by atoms with van der Waals surface area (Å²) in [6, 6.07) is 28.2. The lowest BCUT2D eigenvalue weighted by Crippen LogP contribution is -2.34. The van der Waals surface area contributed by atoms with E-state index >= 15 is 0 Å². The molecule has 0 fully saturated rings. The maximum atomic E-state index is 13.7. The average Bonchev–Trinajstić information content (AvgIpc) is 3.18. The van der Waals surface area contributed by atoms with E-state index in [0.29, 0.717) is 40.8 Å². The van der Waals surface area contributed by atoms with Gasteiger partial charge in [0.25, 0.3) is 0 Å². The van der Waals surface area contributed by atoms with Crippen molar-refractivity contribution < 1.29 is 42.4 Å². The maximum absolute atomic E-state index is 13.7. The number of nitrogens with zero attached hydrogens (tertiary/aromatic N) is 1. The van der Waals surface area contributed by atoms with Crippen LogP contribution in [0.3, 0.4) is 0 Å². The smallest absolute Gasteiger partial charge is 0.425 e. The van der Waals surface area contributed by atoms with Gasteiger partial charge in [-0.2, -0.15) is 0 Å². The first-order chi connectivity index (χ1) is 28.3. The molecule has 2 unspecified atom stereocenters. The minimum Gasteiger partial charge on any atom is -0.425 e. The van der Waals surface area contributed by atoms with Gasteiger partial charge in [0.05, 0.1) is 30.8 Å². The number of amides is 2. The summed E-state index contributed by atoms with van der Waals surface area (Å²) in [5.74, 6) is -0.661. The summed E-state index contributed by atoms with van der Waals surface area (Å²) in [5, 5.41) is 6.04. The van der Waals surface area contributed by atoms with Crippen LogP contribution in [0.15, 0.2) is 97.1 Å². The number of carbonyl (C=O) groups excluding carboxylic acids is 3. The first-order valence-electron chi connectivity index (χ1n) is 20.6. The van der Waals surface area contributed by atoms with Gasteiger partial charge >= 0.3 is 25.8 Å². The Hall–Kier alpha value is -5.16. The van der Waals surface area contributed by atoms with Crippen molar-refractivity contribution in [3.63, 3.8) is 0 Å². The molecular weight excluding hydrogens is 782 g/mol. The molecule has 0 heterocycles. The van der Waals surface area contributed by atoms with E-state index in [1.807, 2.05) is 69.3 Å². The number of benzene rings is 4. The number of hydrogen-bond donors (Lipinski definition) is 3. The number of carbonyl (C=O) groups is 3. The molecular formula is C47H62N3O9P. The molecule has 0 aromatic heterocycles. The van der Waals surface area contributed by atoms with Crippen molar-refractivity contribution in [1.29, 1.82) is 0 Å². The monoisotopic (exact) mass is 843 g/mol. The molecule has 4 aromatic carbocycles. The lowest BCUT2D eigenvalue weighted by atomic mass is 9.77. The van der Waals surface area contributed by atoms with Crippen molar-refractivity contribution >= 4 is 42.9 Å². The number of nitrogens with one attached hydrogen (secondary N) is 2. The van der Waals surface area contributed by atoms with Gasteiger partial charge in [0.15, 0.2) is 0 Å². The molecule has 13 heteroatoms. The molecule has 60 heavy (non-hydrogen) atoms. The second kappa shape index (κ2) is 21.9. The summed E-state index contributed by atoms with van der Waals surface area (Å²) in [7, 11) is -4.40. The van der Waals surface area contributed by atoms with E-state index in [4.69, 9.17) is 18.5 Å². The summed E-state index contributed by atoms with van der Waals surface area (Å²) >= 11 is 0. The SMILES string of the molecule is CC[C@](C)(CC(=O)OC(OC(=O)Cc1ccc(OP(=O)(O)OCc2ccccc2)cc1)C(C)C)c1ccc(N(CC(C)C)CC(C)C)c(NC(=O)Nc2ccc(C)cc2)c1. The van der Waals surface area contributed by atoms with Gasteiger partial charge in [0.2, 0.25) is 6.29 Å². The largest absolute Gasteiger partial charge is 0.527 e. The number of anilines is 3. The van der Waals surface area contributed by atoms with Crippen molar-refractivity contribution in [3.05, 3.63) is 119 Å². The average molecular weight is 844 g/mol. The van der Waals surface area contributed by atoms with E-state index in [2.05, 4.69) is 43.2 Å². The fourth-order valence-corrected chi connectivity index (χ4v) is 7.23. The maximum Gasteiger partial charge on any atom is 0.527 e. The molecule has 0 aliphatic heterocycles. The number of phosphoric ester groups is 1. The highest BCUT2D eigenvalue weighted by atomic mass is 31.2. The highest BCUT2D eigenvalue weighted by Crippen LogP contribution is 2.44. The predicted molar refractivity (Wildman–Crippen MR) is 237 cm³/mol. The van der Waals surface area contributed by atoms with Crippen LogP contribution in [0.4, 0.5) is 21.9 Å². The summed E-state index contributed by atoms with van der Waals surface area (Å²) in [6.45, 7) is 19.7. The lowest BCUT2D eigenvalue weighted by molar-refractivity contribution is -0.196. The highest BCUT2D eigenvalue weighted by molar-refractivity contribution is 7.47. The Bertz CT molecular complexity index is 2050. The first kappa shape index (κ1) is 47.5. The van der Waals surface area contributed by atoms with Crippen molar-refractivity contribution in [2.24, 2.45) is 17.8 Å². The second-order valence-electron chi connectivity index (χ2n) is 16.7. The van der Waals surface area contributed by atoms with Gasteiger partial charge in [0.1, 0.15) is 5.75 Å². The molecule has 4 rings (SSSR count). The summed E-state index contributed by atoms with van der Waals surface area (Å²) in [4.78, 5) is 52.6. The molecule has 2 amide bonds. The summed E-state index contributed by atoms with van der Waals surface area (Å²) in [6.07, 6.45) is -0.707. The van der Waals surface area contributed by atoms with E-state index in [1.54, 1.807) is 50.2 Å². The number of ether oxygens (including phenoxy) is 2. The van der Waals surface area contributed by atoms with Gasteiger partial charge in [0, 0.05) is 30.1 Å². The Morgan fingerprint density at radius 1 is 0.783 bits per heavy atom. The van der Waals surface area contributed by atoms with Crippen molar-refractivity contribution in [1.82, 2.24) is 0 Å². The first-order valence-corrected chi connectivity index (χ1v) is 22.1. The third-order valence-electron chi connectivity index (χ3n) is 9.85. The van der Waals surface area contributed by atoms with Crippen LogP contribution in [0.25, 0.3) is 0 Å². The molecule has 12 nitrogen and oxygen atoms in total. The lowest BCUT2D eigenvalue weighted by Gasteiger charge is -2.33. The fourth-order valence-electron chi connectivity index (χ4n) is 6.47. The molecule has 324 valence electrons. The highest BCUT2D eigenvalue weighted by Gasteiger charge is 2.33. The third kappa shape index (κ3) is 15.1. The van der Waals surface area contributed by atoms with Gasteiger partial charge in [-0.05, 0) is 78.3 Å². The van der Waals surface area contributed by atoms with Crippen LogP contribution in [0.2, 0.25) is 0 Å². The van der Waals surface area contributed by atoms with E-state index in [-0.39, 0.29) is 37.1 Å². The number of phosphoric acid groups is 1. The normalized spacial score (nSPS) is 13.9. The van der Waals surface area contributed by atoms with Gasteiger partial charge in [-0.25, -0.2) is 9.36 Å². The number of hydrogen-bond acceptors (Lipinski definition) is 9. The number of rotatable bonds is 21. The summed E-state index contributed by atoms with van der Waals surface area (Å²) < 4.78 is 34.3. The standard InChI is InChI=1S/C47H62N3O9P/c1-10-47(9,38-20-25-42(50(29-32(2)3)30-33(4)5)41(27-38)49-46(53)48-39-21-16-35(8)17-22-39)28-44(52)58-45(34(6)7)57-43(51)26-36-18-23-40(24-19-36)59-60(54,55)56-31-37-14-12-11-13-15-37/h11-25,27,32-34,45H,10,26,28-31H2,1-9H3,(H,54,55)(H2,48,49,53)/t45?,47-/m1/s1. The van der Waals surface area contributed by atoms with Gasteiger partial charge in [-0.1, -0.05) is 122 Å². The second-order valence-corrected chi connectivity index (χ2v) is 18.1. The summed E-state index contributed by atoms with van der Waals surface area (Å²) in [5.41, 5.74) is 4.69. The molecule has 0 aliphatic carbocycles. The fraction of sp³-hybridized carbons (Fsp3) is 0.426. The van der Waals surface area contributed by atoms with Crippen LogP contribution < -0.4 is 20.1 Å². The number of urea groups is 1. The Balaban J connectivity index is 1.44. The minimum atomic E-state index is -4.40. The third-order valence-corrected chi connectivity index (χ3v) is 10.7. The van der Waals surface area contributed by atoms with Gasteiger partial charge in [-0.3, -0.25) is 19.0 Å². The molecule has 0 saturated carbocycles. The van der Waals surface area contributed by atoms with Crippen LogP contribution in [-0.4, -0.2) is 42.2 Å². The van der Waals surface area contributed by atoms with E-state index in [9.17, 15) is 23.8 Å². The Morgan fingerprint density at radius 2 is 1.40 bits per heavy atom. The minimum absolute atomic E-state index is 0.00837. The van der Waals surface area contributed by atoms with E-state index in [0.717, 1.165) is 29.9 Å². The molecule has 0 bridgehead atoms. The zero-order valence-electron chi connectivity index (χ0n) is 36.4. The van der Waals surface area contributed by atoms with Gasteiger partial charge in [-0.15, -0.1) is 0 Å². The topological polar surface area (TPSA) is 153 Å². The van der Waals surface area contributed by atoms with Crippen molar-refractivity contribution in [2.75, 3.05) is 28.6 Å². The zero-order valence-corrected chi connectivity index (χ0v) is 37.3. The van der Waals surface area contributed by atoms with Crippen molar-refractivity contribution in [2.45, 2.75) is 99.9 Å². The van der Waals surface area contributed by atoms with E-state index in [1.165, 1.54) is 12.1 Å². The number of esters is 2.